The van der Waals surface area contributed by atoms with E-state index in [1.807, 2.05) is 0 Å². The number of hydrogen-bond donors (Lipinski definition) is 10. The molecule has 3 fully saturated rings. The summed E-state index contributed by atoms with van der Waals surface area (Å²) in [4.78, 5) is 12.3. The maximum Gasteiger partial charge on any atom is 0.319 e. The third-order valence-electron chi connectivity index (χ3n) is 7.40. The van der Waals surface area contributed by atoms with Crippen LogP contribution in [0.2, 0.25) is 0 Å². The number of carbonyl (C=O) groups excluding carboxylic acids is 1. The normalized spacial score (nSPS) is 37.7. The fraction of sp³-hybridized carbons (Fsp3) is 0.720. The van der Waals surface area contributed by atoms with Crippen LogP contribution in [0.5, 0.6) is 0 Å². The first kappa shape index (κ1) is 29.9. The highest BCUT2D eigenvalue weighted by atomic mass is 16.7. The summed E-state index contributed by atoms with van der Waals surface area (Å²) in [7, 11) is 0. The number of urea groups is 1. The maximum atomic E-state index is 12.3. The zero-order chi connectivity index (χ0) is 28.1. The van der Waals surface area contributed by atoms with E-state index in [9.17, 15) is 40.5 Å². The zero-order valence-corrected chi connectivity index (χ0v) is 21.4. The van der Waals surface area contributed by atoms with Gasteiger partial charge in [-0.1, -0.05) is 19.3 Å². The molecule has 4 rings (SSSR count). The van der Waals surface area contributed by atoms with Gasteiger partial charge in [-0.15, -0.1) is 0 Å². The number of nitrogens with one attached hydrogen (secondary N) is 3. The van der Waals surface area contributed by atoms with Gasteiger partial charge in [-0.05, 0) is 37.1 Å². The predicted molar refractivity (Wildman–Crippen MR) is 135 cm³/mol. The molecule has 5 unspecified atom stereocenters. The molecule has 3 aliphatic rings. The molecule has 220 valence electrons. The molecule has 39 heavy (non-hydrogen) atoms. The lowest BCUT2D eigenvalue weighted by atomic mass is 9.96. The van der Waals surface area contributed by atoms with Crippen molar-refractivity contribution in [1.29, 1.82) is 0 Å². The molecule has 0 bridgehead atoms. The highest BCUT2D eigenvalue weighted by Gasteiger charge is 2.50. The fourth-order valence-electron chi connectivity index (χ4n) is 5.12. The summed E-state index contributed by atoms with van der Waals surface area (Å²) in [6.45, 7) is -1.31. The minimum atomic E-state index is -1.74. The maximum absolute atomic E-state index is 12.3. The monoisotopic (exact) mass is 557 g/mol. The van der Waals surface area contributed by atoms with Gasteiger partial charge < -0.3 is 65.9 Å². The average Bonchev–Trinajstić information content (AvgIpc) is 2.94. The van der Waals surface area contributed by atoms with Crippen molar-refractivity contribution in [2.24, 2.45) is 0 Å². The number of amides is 2. The Morgan fingerprint density at radius 2 is 1.44 bits per heavy atom. The minimum Gasteiger partial charge on any atom is -0.394 e. The SMILES string of the molecule is O=C(Nc1ccc(N[C@@H]2OC(CO)[C@@H](OC3OC(CO)[C@H](O)C(O)[C@@H]3O)[C@H](O)C2O)cc1)NC1CCCCC1. The highest BCUT2D eigenvalue weighted by molar-refractivity contribution is 5.89. The number of rotatable bonds is 8. The lowest BCUT2D eigenvalue weighted by Crippen LogP contribution is -2.65. The Kier molecular flexibility index (Phi) is 10.3. The number of benzene rings is 1. The summed E-state index contributed by atoms with van der Waals surface area (Å²) < 4.78 is 16.6. The highest BCUT2D eigenvalue weighted by Crippen LogP contribution is 2.30. The van der Waals surface area contributed by atoms with Crippen LogP contribution in [-0.4, -0.2) is 122 Å². The number of anilines is 2. The molecule has 14 heteroatoms. The van der Waals surface area contributed by atoms with E-state index >= 15 is 0 Å². The Bertz CT molecular complexity index is 915. The quantitative estimate of drug-likeness (QED) is 0.171. The summed E-state index contributed by atoms with van der Waals surface area (Å²) in [5.74, 6) is 0. The zero-order valence-electron chi connectivity index (χ0n) is 21.4. The van der Waals surface area contributed by atoms with Gasteiger partial charge >= 0.3 is 6.03 Å². The van der Waals surface area contributed by atoms with Crippen LogP contribution >= 0.6 is 0 Å². The van der Waals surface area contributed by atoms with E-state index in [4.69, 9.17) is 14.2 Å². The van der Waals surface area contributed by atoms with E-state index < -0.39 is 74.6 Å². The lowest BCUT2D eigenvalue weighted by Gasteiger charge is -2.46. The molecule has 2 saturated heterocycles. The largest absolute Gasteiger partial charge is 0.394 e. The second-order valence-corrected chi connectivity index (χ2v) is 10.2. The second-order valence-electron chi connectivity index (χ2n) is 10.2. The third-order valence-corrected chi connectivity index (χ3v) is 7.40. The van der Waals surface area contributed by atoms with E-state index in [1.165, 1.54) is 6.42 Å². The Labute approximate surface area is 225 Å². The van der Waals surface area contributed by atoms with E-state index in [-0.39, 0.29) is 12.1 Å². The van der Waals surface area contributed by atoms with Crippen LogP contribution in [0.25, 0.3) is 0 Å². The number of hydrogen-bond acceptors (Lipinski definition) is 12. The van der Waals surface area contributed by atoms with Gasteiger partial charge in [-0.2, -0.15) is 0 Å². The summed E-state index contributed by atoms with van der Waals surface area (Å²) in [6, 6.07) is 6.48. The first-order chi connectivity index (χ1) is 18.7. The topological polar surface area (TPSA) is 222 Å². The Morgan fingerprint density at radius 1 is 0.795 bits per heavy atom. The van der Waals surface area contributed by atoms with Crippen LogP contribution in [0.1, 0.15) is 32.1 Å². The molecule has 2 amide bonds. The van der Waals surface area contributed by atoms with Crippen molar-refractivity contribution in [1.82, 2.24) is 5.32 Å². The number of aliphatic hydroxyl groups is 7. The van der Waals surface area contributed by atoms with Gasteiger partial charge in [0.15, 0.2) is 12.5 Å². The van der Waals surface area contributed by atoms with Crippen LogP contribution in [0.3, 0.4) is 0 Å². The molecule has 2 heterocycles. The van der Waals surface area contributed by atoms with E-state index in [1.54, 1.807) is 24.3 Å². The van der Waals surface area contributed by atoms with Crippen LogP contribution in [0.15, 0.2) is 24.3 Å². The van der Waals surface area contributed by atoms with E-state index in [0.29, 0.717) is 11.4 Å². The average molecular weight is 558 g/mol. The van der Waals surface area contributed by atoms with Gasteiger partial charge in [0.2, 0.25) is 0 Å². The molecule has 1 saturated carbocycles. The molecule has 10 atom stereocenters. The standard InChI is InChI=1S/C25H39N3O11/c29-10-15-17(31)18(32)21(35)24(38-15)39-22-16(11-30)37-23(20(34)19(22)33)26-13-6-8-14(9-7-13)28-25(36)27-12-4-2-1-3-5-12/h6-9,12,15-24,26,29-35H,1-5,10-11H2,(H2,27,28,36)/t15?,16?,17-,18?,19+,20?,21-,22+,23+,24?/m0/s1. The molecular weight excluding hydrogens is 518 g/mol. The predicted octanol–water partition coefficient (Wildman–Crippen LogP) is -1.82. The van der Waals surface area contributed by atoms with Gasteiger partial charge in [0.25, 0.3) is 0 Å². The fourth-order valence-corrected chi connectivity index (χ4v) is 5.12. The third kappa shape index (κ3) is 7.16. The summed E-state index contributed by atoms with van der Waals surface area (Å²) in [5.41, 5.74) is 1.05. The smallest absolute Gasteiger partial charge is 0.319 e. The van der Waals surface area contributed by atoms with Crippen molar-refractivity contribution in [3.63, 3.8) is 0 Å². The summed E-state index contributed by atoms with van der Waals surface area (Å²) in [5, 5.41) is 79.5. The Morgan fingerprint density at radius 3 is 2.08 bits per heavy atom. The molecule has 0 aromatic heterocycles. The van der Waals surface area contributed by atoms with Crippen LogP contribution in [-0.2, 0) is 14.2 Å². The van der Waals surface area contributed by atoms with Gasteiger partial charge in [0.05, 0.1) is 13.2 Å². The molecular formula is C25H39N3O11. The Hall–Kier alpha value is -2.11. The van der Waals surface area contributed by atoms with Gasteiger partial charge in [-0.25, -0.2) is 4.79 Å². The molecule has 14 nitrogen and oxygen atoms in total. The molecule has 0 radical (unpaired) electrons. The lowest BCUT2D eigenvalue weighted by molar-refractivity contribution is -0.340. The first-order valence-corrected chi connectivity index (χ1v) is 13.2. The number of aliphatic hydroxyl groups excluding tert-OH is 7. The van der Waals surface area contributed by atoms with Crippen LogP contribution in [0.4, 0.5) is 16.2 Å². The molecule has 1 aromatic rings. The van der Waals surface area contributed by atoms with Crippen molar-refractivity contribution < 1.29 is 54.8 Å². The molecule has 2 aliphatic heterocycles. The molecule has 1 aliphatic carbocycles. The van der Waals surface area contributed by atoms with Crippen molar-refractivity contribution in [3.05, 3.63) is 24.3 Å². The van der Waals surface area contributed by atoms with Gasteiger partial charge in [0, 0.05) is 17.4 Å². The van der Waals surface area contributed by atoms with Crippen molar-refractivity contribution in [2.45, 2.75) is 99.5 Å². The number of carbonyl (C=O) groups is 1. The van der Waals surface area contributed by atoms with Crippen molar-refractivity contribution in [2.75, 3.05) is 23.8 Å². The van der Waals surface area contributed by atoms with E-state index in [0.717, 1.165) is 25.7 Å². The molecule has 0 spiro atoms. The minimum absolute atomic E-state index is 0.170. The second kappa shape index (κ2) is 13.5. The Balaban J connectivity index is 1.33. The summed E-state index contributed by atoms with van der Waals surface area (Å²) in [6.07, 6.45) is -9.45. The first-order valence-electron chi connectivity index (χ1n) is 13.2. The van der Waals surface area contributed by atoms with Crippen LogP contribution < -0.4 is 16.0 Å². The molecule has 1 aromatic carbocycles. The van der Waals surface area contributed by atoms with Gasteiger partial charge in [-0.3, -0.25) is 0 Å². The van der Waals surface area contributed by atoms with Crippen molar-refractivity contribution in [3.8, 4) is 0 Å². The van der Waals surface area contributed by atoms with Crippen molar-refractivity contribution >= 4 is 17.4 Å². The van der Waals surface area contributed by atoms with E-state index in [2.05, 4.69) is 16.0 Å². The van der Waals surface area contributed by atoms with Gasteiger partial charge in [0.1, 0.15) is 48.8 Å². The summed E-state index contributed by atoms with van der Waals surface area (Å²) >= 11 is 0. The molecule has 10 N–H and O–H groups in total. The number of ether oxygens (including phenoxy) is 3. The van der Waals surface area contributed by atoms with Crippen LogP contribution in [0, 0.1) is 0 Å².